The van der Waals surface area contributed by atoms with Crippen LogP contribution in [0.5, 0.6) is 5.75 Å². The van der Waals surface area contributed by atoms with Crippen LogP contribution in [0.15, 0.2) is 48.5 Å². The molecule has 0 aliphatic heterocycles. The molecule has 1 aliphatic carbocycles. The van der Waals surface area contributed by atoms with E-state index in [0.717, 1.165) is 31.2 Å². The van der Waals surface area contributed by atoms with Gasteiger partial charge in [-0.2, -0.15) is 0 Å². The summed E-state index contributed by atoms with van der Waals surface area (Å²) in [6.45, 7) is 1.58. The zero-order valence-electron chi connectivity index (χ0n) is 15.9. The fourth-order valence-electron chi connectivity index (χ4n) is 3.36. The number of nitrogens with one attached hydrogen (secondary N) is 2. The van der Waals surface area contributed by atoms with E-state index in [1.807, 2.05) is 24.3 Å². The fourth-order valence-corrected chi connectivity index (χ4v) is 3.36. The van der Waals surface area contributed by atoms with Gasteiger partial charge in [-0.3, -0.25) is 14.4 Å². The summed E-state index contributed by atoms with van der Waals surface area (Å²) in [6, 6.07) is 13.9. The number of esters is 1. The second kappa shape index (κ2) is 9.17. The zero-order chi connectivity index (χ0) is 19.9. The van der Waals surface area contributed by atoms with Crippen LogP contribution < -0.4 is 15.4 Å². The Hall–Kier alpha value is -3.15. The number of carbonyl (C=O) groups is 3. The highest BCUT2D eigenvalue weighted by Gasteiger charge is 2.23. The van der Waals surface area contributed by atoms with Crippen LogP contribution in [0.2, 0.25) is 0 Å². The summed E-state index contributed by atoms with van der Waals surface area (Å²) in [5.74, 6) is -0.281. The summed E-state index contributed by atoms with van der Waals surface area (Å²) >= 11 is 0. The Morgan fingerprint density at radius 1 is 1.04 bits per heavy atom. The van der Waals surface area contributed by atoms with E-state index in [1.54, 1.807) is 18.2 Å². The molecule has 6 nitrogen and oxygen atoms in total. The van der Waals surface area contributed by atoms with Crippen LogP contribution in [0, 0.1) is 5.92 Å². The van der Waals surface area contributed by atoms with Crippen molar-refractivity contribution < 1.29 is 19.1 Å². The molecular formula is C22H24N2O4. The van der Waals surface area contributed by atoms with Crippen LogP contribution in [-0.4, -0.2) is 17.8 Å². The number of ether oxygens (including phenoxy) is 1. The number of para-hydroxylation sites is 1. The lowest BCUT2D eigenvalue weighted by molar-refractivity contribution is -0.131. The van der Waals surface area contributed by atoms with Gasteiger partial charge in [0.2, 0.25) is 5.91 Å². The normalized spacial score (nSPS) is 13.8. The maximum atomic E-state index is 12.5. The Morgan fingerprint density at radius 2 is 1.79 bits per heavy atom. The van der Waals surface area contributed by atoms with Gasteiger partial charge in [-0.05, 0) is 42.7 Å². The Bertz CT molecular complexity index is 872. The average Bonchev–Trinajstić information content (AvgIpc) is 3.22. The molecule has 2 aromatic carbocycles. The van der Waals surface area contributed by atoms with Gasteiger partial charge < -0.3 is 15.4 Å². The van der Waals surface area contributed by atoms with Crippen LogP contribution in [0.3, 0.4) is 0 Å². The number of rotatable bonds is 6. The molecule has 3 rings (SSSR count). The predicted molar refractivity (Wildman–Crippen MR) is 106 cm³/mol. The number of hydrogen-bond donors (Lipinski definition) is 2. The van der Waals surface area contributed by atoms with E-state index in [4.69, 9.17) is 4.74 Å². The van der Waals surface area contributed by atoms with Gasteiger partial charge >= 0.3 is 5.97 Å². The van der Waals surface area contributed by atoms with Gasteiger partial charge in [-0.25, -0.2) is 0 Å². The van der Waals surface area contributed by atoms with E-state index in [0.29, 0.717) is 17.0 Å². The topological polar surface area (TPSA) is 84.5 Å². The molecule has 0 heterocycles. The summed E-state index contributed by atoms with van der Waals surface area (Å²) < 4.78 is 5.01. The molecule has 1 aliphatic rings. The minimum Gasteiger partial charge on any atom is -0.427 e. The second-order valence-corrected chi connectivity index (χ2v) is 6.93. The number of carbonyl (C=O) groups excluding carboxylic acids is 3. The molecule has 0 bridgehead atoms. The van der Waals surface area contributed by atoms with Crippen LogP contribution in [0.25, 0.3) is 0 Å². The van der Waals surface area contributed by atoms with E-state index < -0.39 is 5.97 Å². The number of anilines is 1. The third kappa shape index (κ3) is 5.19. The quantitative estimate of drug-likeness (QED) is 0.591. The summed E-state index contributed by atoms with van der Waals surface area (Å²) in [5.41, 5.74) is 1.94. The van der Waals surface area contributed by atoms with E-state index in [9.17, 15) is 14.4 Å². The van der Waals surface area contributed by atoms with Crippen molar-refractivity contribution in [2.75, 3.05) is 5.32 Å². The van der Waals surface area contributed by atoms with Crippen molar-refractivity contribution >= 4 is 23.5 Å². The Balaban J connectivity index is 1.63. The second-order valence-electron chi connectivity index (χ2n) is 6.93. The SMILES string of the molecule is CC(=O)Oc1cccc(C(=O)NCc2ccccc2NC(=O)C2CCCC2)c1. The molecule has 0 radical (unpaired) electrons. The minimum absolute atomic E-state index is 0.0466. The molecule has 0 saturated heterocycles. The zero-order valence-corrected chi connectivity index (χ0v) is 15.9. The van der Waals surface area contributed by atoms with Gasteiger partial charge in [0, 0.05) is 30.6 Å². The van der Waals surface area contributed by atoms with Crippen molar-refractivity contribution in [1.29, 1.82) is 0 Å². The third-order valence-electron chi connectivity index (χ3n) is 4.80. The highest BCUT2D eigenvalue weighted by atomic mass is 16.5. The van der Waals surface area contributed by atoms with Gasteiger partial charge in [0.1, 0.15) is 5.75 Å². The number of benzene rings is 2. The first kappa shape index (κ1) is 19.6. The molecule has 146 valence electrons. The first-order valence-corrected chi connectivity index (χ1v) is 9.48. The monoisotopic (exact) mass is 380 g/mol. The first-order valence-electron chi connectivity index (χ1n) is 9.48. The van der Waals surface area contributed by atoms with Crippen molar-refractivity contribution in [3.63, 3.8) is 0 Å². The molecule has 1 fully saturated rings. The standard InChI is InChI=1S/C22H24N2O4/c1-15(25)28-19-11-6-10-17(13-19)21(26)23-14-18-9-4-5-12-20(18)24-22(27)16-7-2-3-8-16/h4-6,9-13,16H,2-3,7-8,14H2,1H3,(H,23,26)(H,24,27). The Labute approximate surface area is 164 Å². The molecule has 2 amide bonds. The molecule has 0 unspecified atom stereocenters. The van der Waals surface area contributed by atoms with E-state index in [-0.39, 0.29) is 24.3 Å². The number of amides is 2. The molecule has 0 atom stereocenters. The van der Waals surface area contributed by atoms with Crippen molar-refractivity contribution in [3.8, 4) is 5.75 Å². The summed E-state index contributed by atoms with van der Waals surface area (Å²) in [5, 5.41) is 5.85. The van der Waals surface area contributed by atoms with Crippen LogP contribution in [-0.2, 0) is 16.1 Å². The molecule has 2 N–H and O–H groups in total. The van der Waals surface area contributed by atoms with Gasteiger partial charge in [0.05, 0.1) is 0 Å². The van der Waals surface area contributed by atoms with Crippen molar-refractivity contribution in [2.45, 2.75) is 39.2 Å². The summed E-state index contributed by atoms with van der Waals surface area (Å²) in [4.78, 5) is 35.9. The minimum atomic E-state index is -0.440. The van der Waals surface area contributed by atoms with E-state index in [1.165, 1.54) is 13.0 Å². The summed E-state index contributed by atoms with van der Waals surface area (Å²) in [6.07, 6.45) is 4.07. The highest BCUT2D eigenvalue weighted by Crippen LogP contribution is 2.26. The lowest BCUT2D eigenvalue weighted by Crippen LogP contribution is -2.25. The maximum Gasteiger partial charge on any atom is 0.308 e. The Kier molecular flexibility index (Phi) is 6.42. The van der Waals surface area contributed by atoms with Crippen LogP contribution in [0.4, 0.5) is 5.69 Å². The van der Waals surface area contributed by atoms with Crippen molar-refractivity contribution in [1.82, 2.24) is 5.32 Å². The fraction of sp³-hybridized carbons (Fsp3) is 0.318. The molecule has 28 heavy (non-hydrogen) atoms. The maximum absolute atomic E-state index is 12.5. The molecule has 1 saturated carbocycles. The average molecular weight is 380 g/mol. The highest BCUT2D eigenvalue weighted by molar-refractivity contribution is 5.95. The van der Waals surface area contributed by atoms with E-state index >= 15 is 0 Å². The molecule has 2 aromatic rings. The third-order valence-corrected chi connectivity index (χ3v) is 4.80. The predicted octanol–water partition coefficient (Wildman–Crippen LogP) is 3.67. The van der Waals surface area contributed by atoms with E-state index in [2.05, 4.69) is 10.6 Å². The lowest BCUT2D eigenvalue weighted by Gasteiger charge is -2.14. The largest absolute Gasteiger partial charge is 0.427 e. The summed E-state index contributed by atoms with van der Waals surface area (Å²) in [7, 11) is 0. The van der Waals surface area contributed by atoms with Gasteiger partial charge in [-0.15, -0.1) is 0 Å². The van der Waals surface area contributed by atoms with Gasteiger partial charge in [0.15, 0.2) is 0 Å². The van der Waals surface area contributed by atoms with Crippen LogP contribution in [0.1, 0.15) is 48.5 Å². The smallest absolute Gasteiger partial charge is 0.308 e. The van der Waals surface area contributed by atoms with Crippen molar-refractivity contribution in [3.05, 3.63) is 59.7 Å². The Morgan fingerprint density at radius 3 is 2.54 bits per heavy atom. The molecular weight excluding hydrogens is 356 g/mol. The molecule has 0 spiro atoms. The van der Waals surface area contributed by atoms with Crippen LogP contribution >= 0.6 is 0 Å². The molecule has 6 heteroatoms. The van der Waals surface area contributed by atoms with Crippen molar-refractivity contribution in [2.24, 2.45) is 5.92 Å². The number of hydrogen-bond acceptors (Lipinski definition) is 4. The molecule has 0 aromatic heterocycles. The lowest BCUT2D eigenvalue weighted by atomic mass is 10.1. The first-order chi connectivity index (χ1) is 13.5. The van der Waals surface area contributed by atoms with Gasteiger partial charge in [0.25, 0.3) is 5.91 Å². The van der Waals surface area contributed by atoms with Gasteiger partial charge in [-0.1, -0.05) is 37.1 Å².